The van der Waals surface area contributed by atoms with Crippen LogP contribution in [-0.2, 0) is 10.8 Å². The number of nitrogens with one attached hydrogen (secondary N) is 1. The lowest BCUT2D eigenvalue weighted by Gasteiger charge is -2.20. The molecule has 1 atom stereocenters. The Morgan fingerprint density at radius 2 is 1.94 bits per heavy atom. The maximum atomic E-state index is 12.1. The van der Waals surface area contributed by atoms with E-state index in [2.05, 4.69) is 26.1 Å². The first-order valence-electron chi connectivity index (χ1n) is 5.70. The molecule has 0 amide bonds. The highest BCUT2D eigenvalue weighted by molar-refractivity contribution is 7.85. The number of hydrogen-bond donors (Lipinski definition) is 1. The summed E-state index contributed by atoms with van der Waals surface area (Å²) in [5.41, 5.74) is 0.0605. The Morgan fingerprint density at radius 3 is 2.53 bits per heavy atom. The molecule has 4 heteroatoms. The van der Waals surface area contributed by atoms with E-state index in [0.717, 1.165) is 11.4 Å². The summed E-state index contributed by atoms with van der Waals surface area (Å²) in [6.45, 7) is 7.02. The lowest BCUT2D eigenvalue weighted by Crippen LogP contribution is -2.38. The number of ether oxygens (including phenoxy) is 1. The fraction of sp³-hybridized carbons (Fsp3) is 0.538. The quantitative estimate of drug-likeness (QED) is 0.876. The van der Waals surface area contributed by atoms with Crippen molar-refractivity contribution >= 4 is 10.8 Å². The Bertz CT molecular complexity index is 385. The fourth-order valence-electron chi connectivity index (χ4n) is 1.44. The van der Waals surface area contributed by atoms with Crippen LogP contribution >= 0.6 is 0 Å². The van der Waals surface area contributed by atoms with Gasteiger partial charge in [-0.15, -0.1) is 0 Å². The number of para-hydroxylation sites is 1. The van der Waals surface area contributed by atoms with Gasteiger partial charge in [-0.3, -0.25) is 4.21 Å². The second kappa shape index (κ2) is 6.17. The van der Waals surface area contributed by atoms with Gasteiger partial charge in [-0.2, -0.15) is 0 Å². The predicted molar refractivity (Wildman–Crippen MR) is 72.0 cm³/mol. The van der Waals surface area contributed by atoms with Crippen molar-refractivity contribution in [3.05, 3.63) is 24.3 Å². The van der Waals surface area contributed by atoms with Crippen LogP contribution in [-0.4, -0.2) is 29.2 Å². The minimum atomic E-state index is -1.02. The Kier molecular flexibility index (Phi) is 5.15. The van der Waals surface area contributed by atoms with Gasteiger partial charge in [-0.25, -0.2) is 0 Å². The molecule has 1 aromatic carbocycles. The van der Waals surface area contributed by atoms with Gasteiger partial charge in [0.2, 0.25) is 0 Å². The van der Waals surface area contributed by atoms with Crippen molar-refractivity contribution in [2.24, 2.45) is 0 Å². The molecule has 0 aliphatic heterocycles. The van der Waals surface area contributed by atoms with Gasteiger partial charge in [0.15, 0.2) is 0 Å². The molecule has 96 valence electrons. The zero-order valence-electron chi connectivity index (χ0n) is 10.9. The normalized spacial score (nSPS) is 13.4. The summed E-state index contributed by atoms with van der Waals surface area (Å²) in [4.78, 5) is 0.769. The van der Waals surface area contributed by atoms with Crippen LogP contribution in [0.2, 0.25) is 0 Å². The maximum absolute atomic E-state index is 12.1. The molecular formula is C13H21NO2S. The summed E-state index contributed by atoms with van der Waals surface area (Å²) in [6.07, 6.45) is 0. The van der Waals surface area contributed by atoms with E-state index < -0.39 is 10.8 Å². The van der Waals surface area contributed by atoms with Crippen molar-refractivity contribution in [1.29, 1.82) is 0 Å². The molecule has 1 N–H and O–H groups in total. The van der Waals surface area contributed by atoms with Crippen LogP contribution in [0.15, 0.2) is 29.2 Å². The van der Waals surface area contributed by atoms with Crippen molar-refractivity contribution in [2.75, 3.05) is 19.4 Å². The number of methoxy groups -OCH3 is 1. The molecule has 1 rings (SSSR count). The lowest BCUT2D eigenvalue weighted by molar-refractivity contribution is 0.404. The zero-order chi connectivity index (χ0) is 12.9. The Morgan fingerprint density at radius 1 is 1.29 bits per heavy atom. The molecule has 0 radical (unpaired) electrons. The Balaban J connectivity index is 2.58. The minimum Gasteiger partial charge on any atom is -0.495 e. The van der Waals surface area contributed by atoms with Gasteiger partial charge in [0.25, 0.3) is 0 Å². The third kappa shape index (κ3) is 4.88. The predicted octanol–water partition coefficient (Wildman–Crippen LogP) is 2.19. The molecule has 0 aliphatic carbocycles. The molecule has 0 heterocycles. The summed E-state index contributed by atoms with van der Waals surface area (Å²) >= 11 is 0. The van der Waals surface area contributed by atoms with Crippen LogP contribution in [0, 0.1) is 0 Å². The lowest BCUT2D eigenvalue weighted by atomic mass is 10.1. The van der Waals surface area contributed by atoms with Crippen LogP contribution in [0.1, 0.15) is 20.8 Å². The molecule has 0 saturated carbocycles. The van der Waals surface area contributed by atoms with Gasteiger partial charge in [-0.1, -0.05) is 12.1 Å². The molecule has 0 fully saturated rings. The smallest absolute Gasteiger partial charge is 0.134 e. The van der Waals surface area contributed by atoms with Crippen LogP contribution in [0.3, 0.4) is 0 Å². The van der Waals surface area contributed by atoms with Crippen molar-refractivity contribution in [3.8, 4) is 5.75 Å². The highest BCUT2D eigenvalue weighted by atomic mass is 32.2. The van der Waals surface area contributed by atoms with Crippen LogP contribution in [0.4, 0.5) is 0 Å². The molecule has 1 unspecified atom stereocenters. The van der Waals surface area contributed by atoms with E-state index in [1.54, 1.807) is 7.11 Å². The first-order valence-corrected chi connectivity index (χ1v) is 7.02. The van der Waals surface area contributed by atoms with Gasteiger partial charge < -0.3 is 10.1 Å². The first-order chi connectivity index (χ1) is 7.94. The molecule has 0 aromatic heterocycles. The van der Waals surface area contributed by atoms with E-state index in [9.17, 15) is 4.21 Å². The molecule has 0 saturated heterocycles. The fourth-order valence-corrected chi connectivity index (χ4v) is 2.55. The number of rotatable bonds is 5. The summed E-state index contributed by atoms with van der Waals surface area (Å²) in [5, 5.41) is 3.33. The van der Waals surface area contributed by atoms with Gasteiger partial charge in [-0.05, 0) is 32.9 Å². The average molecular weight is 255 g/mol. The second-order valence-corrected chi connectivity index (χ2v) is 6.42. The van der Waals surface area contributed by atoms with Crippen LogP contribution in [0.25, 0.3) is 0 Å². The summed E-state index contributed by atoms with van der Waals surface area (Å²) < 4.78 is 17.3. The van der Waals surface area contributed by atoms with Gasteiger partial charge in [0.1, 0.15) is 5.75 Å². The molecule has 0 spiro atoms. The van der Waals surface area contributed by atoms with E-state index in [-0.39, 0.29) is 5.54 Å². The molecule has 1 aromatic rings. The summed E-state index contributed by atoms with van der Waals surface area (Å²) in [5.74, 6) is 1.29. The zero-order valence-corrected chi connectivity index (χ0v) is 11.8. The van der Waals surface area contributed by atoms with Gasteiger partial charge in [0.05, 0.1) is 22.8 Å². The van der Waals surface area contributed by atoms with E-state index in [1.807, 2.05) is 24.3 Å². The number of benzene rings is 1. The number of hydrogen-bond acceptors (Lipinski definition) is 3. The highest BCUT2D eigenvalue weighted by Gasteiger charge is 2.12. The standard InChI is InChI=1S/C13H21NO2S/c1-13(2,3)14-9-10-17(15)12-8-6-5-7-11(12)16-4/h5-8,14H,9-10H2,1-4H3. The van der Waals surface area contributed by atoms with Crippen molar-refractivity contribution < 1.29 is 8.95 Å². The van der Waals surface area contributed by atoms with Crippen molar-refractivity contribution in [3.63, 3.8) is 0 Å². The topological polar surface area (TPSA) is 38.3 Å². The van der Waals surface area contributed by atoms with Crippen LogP contribution < -0.4 is 10.1 Å². The monoisotopic (exact) mass is 255 g/mol. The van der Waals surface area contributed by atoms with Gasteiger partial charge in [0, 0.05) is 17.8 Å². The Hall–Kier alpha value is -0.870. The molecule has 0 bridgehead atoms. The minimum absolute atomic E-state index is 0.0605. The highest BCUT2D eigenvalue weighted by Crippen LogP contribution is 2.21. The molecule has 0 aliphatic rings. The second-order valence-electron chi connectivity index (χ2n) is 4.88. The third-order valence-corrected chi connectivity index (χ3v) is 3.66. The maximum Gasteiger partial charge on any atom is 0.134 e. The Labute approximate surface area is 106 Å². The van der Waals surface area contributed by atoms with E-state index >= 15 is 0 Å². The average Bonchev–Trinajstić information content (AvgIpc) is 2.27. The van der Waals surface area contributed by atoms with E-state index in [0.29, 0.717) is 11.5 Å². The molecule has 3 nitrogen and oxygen atoms in total. The summed E-state index contributed by atoms with van der Waals surface area (Å²) in [7, 11) is 0.584. The molecular weight excluding hydrogens is 234 g/mol. The van der Waals surface area contributed by atoms with E-state index in [4.69, 9.17) is 4.74 Å². The van der Waals surface area contributed by atoms with Crippen molar-refractivity contribution in [1.82, 2.24) is 5.32 Å². The van der Waals surface area contributed by atoms with E-state index in [1.165, 1.54) is 0 Å². The largest absolute Gasteiger partial charge is 0.495 e. The molecule has 17 heavy (non-hydrogen) atoms. The third-order valence-electron chi connectivity index (χ3n) is 2.26. The SMILES string of the molecule is COc1ccccc1S(=O)CCNC(C)(C)C. The first kappa shape index (κ1) is 14.2. The summed E-state index contributed by atoms with van der Waals surface area (Å²) in [6, 6.07) is 7.45. The van der Waals surface area contributed by atoms with Crippen LogP contribution in [0.5, 0.6) is 5.75 Å². The van der Waals surface area contributed by atoms with Gasteiger partial charge >= 0.3 is 0 Å². The van der Waals surface area contributed by atoms with Crippen molar-refractivity contribution in [2.45, 2.75) is 31.2 Å².